The van der Waals surface area contributed by atoms with Crippen LogP contribution >= 0.6 is 11.6 Å². The van der Waals surface area contributed by atoms with Crippen molar-refractivity contribution in [2.45, 2.75) is 19.9 Å². The highest BCUT2D eigenvalue weighted by Gasteiger charge is 2.36. The molecular formula is C26H20ClN3O2. The average Bonchev–Trinajstić information content (AvgIpc) is 3.08. The van der Waals surface area contributed by atoms with Crippen LogP contribution in [-0.2, 0) is 22.6 Å². The Bertz CT molecular complexity index is 1270. The van der Waals surface area contributed by atoms with Crippen LogP contribution in [0.5, 0.6) is 0 Å². The lowest BCUT2D eigenvalue weighted by Crippen LogP contribution is -2.27. The zero-order chi connectivity index (χ0) is 22.7. The number of carbonyl (C=O) groups is 2. The lowest BCUT2D eigenvalue weighted by molar-refractivity contribution is -0.114. The number of anilines is 2. The minimum atomic E-state index is -0.616. The number of hydrogen-bond acceptors (Lipinski definition) is 3. The molecule has 0 unspecified atom stereocenters. The molecule has 3 aromatic rings. The van der Waals surface area contributed by atoms with Crippen LogP contribution in [0.1, 0.15) is 23.6 Å². The van der Waals surface area contributed by atoms with Gasteiger partial charge in [-0.1, -0.05) is 67.1 Å². The molecule has 0 fully saturated rings. The van der Waals surface area contributed by atoms with E-state index in [9.17, 15) is 14.9 Å². The maximum absolute atomic E-state index is 13.4. The van der Waals surface area contributed by atoms with Gasteiger partial charge in [-0.3, -0.25) is 9.59 Å². The summed E-state index contributed by atoms with van der Waals surface area (Å²) in [6.45, 7) is 2.28. The number of benzene rings is 3. The minimum absolute atomic E-state index is 0.0952. The zero-order valence-corrected chi connectivity index (χ0v) is 18.2. The summed E-state index contributed by atoms with van der Waals surface area (Å²) < 4.78 is 0. The van der Waals surface area contributed by atoms with Gasteiger partial charge in [0, 0.05) is 16.3 Å². The van der Waals surface area contributed by atoms with Crippen molar-refractivity contribution in [2.75, 3.05) is 10.2 Å². The van der Waals surface area contributed by atoms with Crippen molar-refractivity contribution < 1.29 is 9.59 Å². The van der Waals surface area contributed by atoms with Crippen molar-refractivity contribution in [3.63, 3.8) is 0 Å². The molecule has 0 atom stereocenters. The van der Waals surface area contributed by atoms with Crippen LogP contribution in [0.15, 0.2) is 78.4 Å². The molecule has 0 saturated carbocycles. The Morgan fingerprint density at radius 3 is 2.41 bits per heavy atom. The number of para-hydroxylation sites is 1. The molecule has 3 aromatic carbocycles. The summed E-state index contributed by atoms with van der Waals surface area (Å²) in [5.41, 5.74) is 3.54. The van der Waals surface area contributed by atoms with Crippen LogP contribution in [-0.4, -0.2) is 11.8 Å². The van der Waals surface area contributed by atoms with Gasteiger partial charge in [0.05, 0.1) is 17.8 Å². The summed E-state index contributed by atoms with van der Waals surface area (Å²) in [6.07, 6.45) is 0.883. The fourth-order valence-electron chi connectivity index (χ4n) is 3.71. The molecule has 0 bridgehead atoms. The van der Waals surface area contributed by atoms with Gasteiger partial charge in [0.2, 0.25) is 0 Å². The van der Waals surface area contributed by atoms with E-state index in [-0.39, 0.29) is 17.7 Å². The molecule has 0 radical (unpaired) electrons. The molecular weight excluding hydrogens is 422 g/mol. The maximum atomic E-state index is 13.4. The number of nitrogens with zero attached hydrogens (tertiary/aromatic N) is 2. The summed E-state index contributed by atoms with van der Waals surface area (Å²) in [6, 6.07) is 23.8. The van der Waals surface area contributed by atoms with Crippen molar-refractivity contribution in [1.29, 1.82) is 5.26 Å². The van der Waals surface area contributed by atoms with Gasteiger partial charge in [-0.15, -0.1) is 0 Å². The van der Waals surface area contributed by atoms with Crippen LogP contribution < -0.4 is 10.2 Å². The number of halogens is 1. The Morgan fingerprint density at radius 2 is 1.72 bits per heavy atom. The number of hydrogen-bond donors (Lipinski definition) is 1. The Labute approximate surface area is 191 Å². The zero-order valence-electron chi connectivity index (χ0n) is 17.4. The smallest absolute Gasteiger partial charge is 0.267 e. The van der Waals surface area contributed by atoms with E-state index < -0.39 is 11.8 Å². The number of amides is 2. The van der Waals surface area contributed by atoms with E-state index >= 15 is 0 Å². The molecule has 0 saturated heterocycles. The number of fused-ring (bicyclic) bond motifs is 1. The van der Waals surface area contributed by atoms with Crippen molar-refractivity contribution in [2.24, 2.45) is 0 Å². The van der Waals surface area contributed by atoms with E-state index in [4.69, 9.17) is 11.6 Å². The first kappa shape index (κ1) is 21.4. The fourth-order valence-corrected chi connectivity index (χ4v) is 3.91. The molecule has 158 valence electrons. The van der Waals surface area contributed by atoms with Gasteiger partial charge in [-0.2, -0.15) is 5.26 Å². The van der Waals surface area contributed by atoms with Gasteiger partial charge in [-0.25, -0.2) is 0 Å². The normalized spacial score (nSPS) is 14.0. The lowest BCUT2D eigenvalue weighted by atomic mass is 10.0. The summed E-state index contributed by atoms with van der Waals surface area (Å²) in [7, 11) is 0. The molecule has 1 aliphatic rings. The first-order valence-corrected chi connectivity index (χ1v) is 10.6. The molecule has 1 N–H and O–H groups in total. The number of rotatable bonds is 5. The average molecular weight is 442 g/mol. The summed E-state index contributed by atoms with van der Waals surface area (Å²) >= 11 is 6.30. The first-order chi connectivity index (χ1) is 15.5. The number of carbonyl (C=O) groups excluding carboxylic acids is 2. The number of nitrogens with one attached hydrogen (secondary N) is 1. The van der Waals surface area contributed by atoms with Crippen LogP contribution in [0.4, 0.5) is 11.4 Å². The molecule has 32 heavy (non-hydrogen) atoms. The number of nitriles is 1. The van der Waals surface area contributed by atoms with Gasteiger partial charge in [0.15, 0.2) is 0 Å². The second-order valence-electron chi connectivity index (χ2n) is 7.37. The van der Waals surface area contributed by atoms with E-state index in [0.717, 1.165) is 17.5 Å². The maximum Gasteiger partial charge on any atom is 0.267 e. The van der Waals surface area contributed by atoms with E-state index in [2.05, 4.69) is 5.32 Å². The van der Waals surface area contributed by atoms with Gasteiger partial charge in [-0.05, 0) is 41.8 Å². The highest BCUT2D eigenvalue weighted by Crippen LogP contribution is 2.39. The second kappa shape index (κ2) is 9.09. The molecule has 6 heteroatoms. The molecule has 0 aliphatic carbocycles. The van der Waals surface area contributed by atoms with Crippen LogP contribution in [0.2, 0.25) is 5.02 Å². The van der Waals surface area contributed by atoms with Crippen LogP contribution in [0.25, 0.3) is 5.57 Å². The number of aryl methyl sites for hydroxylation is 1. The summed E-state index contributed by atoms with van der Waals surface area (Å²) in [4.78, 5) is 27.9. The van der Waals surface area contributed by atoms with E-state index in [0.29, 0.717) is 22.0 Å². The van der Waals surface area contributed by atoms with Gasteiger partial charge >= 0.3 is 0 Å². The second-order valence-corrected chi connectivity index (χ2v) is 7.77. The third-order valence-corrected chi connectivity index (χ3v) is 5.79. The van der Waals surface area contributed by atoms with E-state index in [1.807, 2.05) is 49.4 Å². The monoisotopic (exact) mass is 441 g/mol. The molecule has 0 spiro atoms. The quantitative estimate of drug-likeness (QED) is 0.427. The molecule has 5 nitrogen and oxygen atoms in total. The van der Waals surface area contributed by atoms with Gasteiger partial charge in [0.25, 0.3) is 11.8 Å². The Balaban J connectivity index is 1.71. The van der Waals surface area contributed by atoms with Crippen LogP contribution in [0.3, 0.4) is 0 Å². The first-order valence-electron chi connectivity index (χ1n) is 10.2. The Hall–Kier alpha value is -3.88. The molecule has 1 aliphatic heterocycles. The van der Waals surface area contributed by atoms with Gasteiger partial charge < -0.3 is 10.2 Å². The highest BCUT2D eigenvalue weighted by atomic mass is 35.5. The lowest BCUT2D eigenvalue weighted by Gasteiger charge is -2.18. The third-order valence-electron chi connectivity index (χ3n) is 5.42. The SMILES string of the molecule is CCc1ccc(NC(=O)C(C#N)=C2C(=O)N(Cc3ccccc3Cl)c3ccccc32)cc1. The molecule has 1 heterocycles. The third kappa shape index (κ3) is 4.01. The van der Waals surface area contributed by atoms with Crippen molar-refractivity contribution >= 4 is 40.4 Å². The van der Waals surface area contributed by atoms with Gasteiger partial charge in [0.1, 0.15) is 11.6 Å². The highest BCUT2D eigenvalue weighted by molar-refractivity contribution is 6.38. The topological polar surface area (TPSA) is 73.2 Å². The van der Waals surface area contributed by atoms with Crippen molar-refractivity contribution in [1.82, 2.24) is 0 Å². The van der Waals surface area contributed by atoms with Crippen molar-refractivity contribution in [3.8, 4) is 6.07 Å². The predicted octanol–water partition coefficient (Wildman–Crippen LogP) is 5.37. The standard InChI is InChI=1S/C26H20ClN3O2/c1-2-17-11-13-19(14-12-17)29-25(31)21(15-28)24-20-8-4-6-10-23(20)30(26(24)32)16-18-7-3-5-9-22(18)27/h3-14H,2,16H2,1H3,(H,29,31). The molecule has 0 aromatic heterocycles. The van der Waals surface area contributed by atoms with E-state index in [1.165, 1.54) is 0 Å². The van der Waals surface area contributed by atoms with E-state index in [1.54, 1.807) is 41.3 Å². The molecule has 2 amide bonds. The molecule has 4 rings (SSSR count). The predicted molar refractivity (Wildman–Crippen MR) is 126 cm³/mol. The Morgan fingerprint density at radius 1 is 1.03 bits per heavy atom. The van der Waals surface area contributed by atoms with Crippen molar-refractivity contribution in [3.05, 3.63) is 100 Å². The summed E-state index contributed by atoms with van der Waals surface area (Å²) in [5, 5.41) is 13.1. The largest absolute Gasteiger partial charge is 0.321 e. The summed E-state index contributed by atoms with van der Waals surface area (Å²) in [5.74, 6) is -1.02. The fraction of sp³-hybridized carbons (Fsp3) is 0.115. The van der Waals surface area contributed by atoms with Crippen LogP contribution in [0, 0.1) is 11.3 Å². The Kier molecular flexibility index (Phi) is 6.07. The minimum Gasteiger partial charge on any atom is -0.321 e.